The Morgan fingerprint density at radius 2 is 0.706 bits per heavy atom. The third kappa shape index (κ3) is 4.95. The van der Waals surface area contributed by atoms with Gasteiger partial charge in [0.25, 0.3) is 0 Å². The first-order valence-corrected chi connectivity index (χ1v) is 16.2. The number of phenolic OH excluding ortho intramolecular Hbond substituents is 2. The molecule has 1 aliphatic rings. The molecular formula is C37H26N8O6. The van der Waals surface area contributed by atoms with Crippen LogP contribution in [-0.2, 0) is 5.41 Å². The minimum absolute atomic E-state index is 0.0930. The molecule has 0 unspecified atom stereocenters. The molecule has 4 aromatic carbocycles. The SMILES string of the molecule is CCC1(CC)c2cc(-c3nnc(-c4nnc(-c5ccc(O)cc5)o4)o3)ccc2-c2ccc(-c3nnc(-c4nnc(-c5ccc(O)cc5)o4)o3)cc21. The topological polar surface area (TPSA) is 196 Å². The van der Waals surface area contributed by atoms with Crippen LogP contribution in [0.25, 0.3) is 80.5 Å². The van der Waals surface area contributed by atoms with Crippen LogP contribution in [0.5, 0.6) is 11.5 Å². The molecular weight excluding hydrogens is 652 g/mol. The van der Waals surface area contributed by atoms with Gasteiger partial charge in [-0.2, -0.15) is 0 Å². The van der Waals surface area contributed by atoms with Crippen molar-refractivity contribution in [3.8, 4) is 92.0 Å². The van der Waals surface area contributed by atoms with Crippen LogP contribution >= 0.6 is 0 Å². The molecule has 0 saturated heterocycles. The predicted octanol–water partition coefficient (Wildman–Crippen LogP) is 7.72. The van der Waals surface area contributed by atoms with Crippen LogP contribution in [0.1, 0.15) is 37.8 Å². The van der Waals surface area contributed by atoms with Crippen LogP contribution in [0.4, 0.5) is 0 Å². The lowest BCUT2D eigenvalue weighted by Gasteiger charge is -2.30. The fraction of sp³-hybridized carbons (Fsp3) is 0.135. The molecule has 14 nitrogen and oxygen atoms in total. The Kier molecular flexibility index (Phi) is 6.84. The minimum Gasteiger partial charge on any atom is -0.508 e. The molecule has 250 valence electrons. The number of hydrogen-bond acceptors (Lipinski definition) is 14. The van der Waals surface area contributed by atoms with Crippen molar-refractivity contribution in [2.45, 2.75) is 32.1 Å². The number of benzene rings is 4. The van der Waals surface area contributed by atoms with Gasteiger partial charge in [0, 0.05) is 27.7 Å². The molecule has 0 atom stereocenters. The highest BCUT2D eigenvalue weighted by atomic mass is 16.4. The van der Waals surface area contributed by atoms with Gasteiger partial charge in [-0.1, -0.05) is 26.0 Å². The van der Waals surface area contributed by atoms with E-state index in [9.17, 15) is 10.2 Å². The number of fused-ring (bicyclic) bond motifs is 3. The first kappa shape index (κ1) is 30.1. The molecule has 0 aliphatic heterocycles. The largest absolute Gasteiger partial charge is 0.508 e. The zero-order chi connectivity index (χ0) is 34.7. The van der Waals surface area contributed by atoms with Gasteiger partial charge in [0.05, 0.1) is 0 Å². The van der Waals surface area contributed by atoms with Crippen LogP contribution in [0.3, 0.4) is 0 Å². The molecule has 0 radical (unpaired) electrons. The molecule has 4 heterocycles. The molecule has 0 bridgehead atoms. The Labute approximate surface area is 288 Å². The molecule has 9 rings (SSSR count). The summed E-state index contributed by atoms with van der Waals surface area (Å²) in [4.78, 5) is 0. The summed E-state index contributed by atoms with van der Waals surface area (Å²) >= 11 is 0. The normalized spacial score (nSPS) is 13.0. The number of rotatable bonds is 8. The van der Waals surface area contributed by atoms with E-state index in [4.69, 9.17) is 17.7 Å². The van der Waals surface area contributed by atoms with E-state index in [0.717, 1.165) is 46.2 Å². The van der Waals surface area contributed by atoms with Gasteiger partial charge in [0.2, 0.25) is 23.6 Å². The molecule has 0 saturated carbocycles. The molecule has 4 aromatic heterocycles. The zero-order valence-electron chi connectivity index (χ0n) is 27.1. The van der Waals surface area contributed by atoms with Gasteiger partial charge < -0.3 is 27.9 Å². The standard InChI is InChI=1S/C37H26N8O6/c1-3-37(4-2)27-17-21(31-40-44-35(50-31)33-42-38-29(48-33)19-5-11-23(46)12-6-19)9-15-25(27)26-16-10-22(18-28(26)37)32-41-45-36(51-32)34-43-39-30(49-34)20-7-13-24(47)14-8-20/h5-18,46-47H,3-4H2,1-2H3. The molecule has 51 heavy (non-hydrogen) atoms. The molecule has 2 N–H and O–H groups in total. The van der Waals surface area contributed by atoms with E-state index in [1.807, 2.05) is 12.1 Å². The van der Waals surface area contributed by atoms with Crippen LogP contribution in [0, 0.1) is 0 Å². The summed E-state index contributed by atoms with van der Waals surface area (Å²) in [6, 6.07) is 25.2. The summed E-state index contributed by atoms with van der Waals surface area (Å²) < 4.78 is 23.6. The lowest BCUT2D eigenvalue weighted by atomic mass is 9.73. The molecule has 0 spiro atoms. The summed E-state index contributed by atoms with van der Waals surface area (Å²) in [6.45, 7) is 4.36. The van der Waals surface area contributed by atoms with Crippen molar-refractivity contribution < 1.29 is 27.9 Å². The summed E-state index contributed by atoms with van der Waals surface area (Å²) in [5.74, 6) is 1.84. The Morgan fingerprint density at radius 3 is 1.04 bits per heavy atom. The minimum atomic E-state index is -0.306. The van der Waals surface area contributed by atoms with Crippen molar-refractivity contribution in [1.29, 1.82) is 0 Å². The fourth-order valence-corrected chi connectivity index (χ4v) is 6.69. The van der Waals surface area contributed by atoms with Gasteiger partial charge in [0.1, 0.15) is 11.5 Å². The number of hydrogen-bond donors (Lipinski definition) is 2. The second-order valence-corrected chi connectivity index (χ2v) is 12.1. The van der Waals surface area contributed by atoms with E-state index >= 15 is 0 Å². The number of phenols is 2. The van der Waals surface area contributed by atoms with E-state index in [-0.39, 0.29) is 52.3 Å². The smallest absolute Gasteiger partial charge is 0.306 e. The highest BCUT2D eigenvalue weighted by molar-refractivity contribution is 5.85. The third-order valence-electron chi connectivity index (χ3n) is 9.36. The van der Waals surface area contributed by atoms with Crippen LogP contribution in [-0.4, -0.2) is 51.0 Å². The maximum atomic E-state index is 9.58. The highest BCUT2D eigenvalue weighted by Crippen LogP contribution is 2.54. The second-order valence-electron chi connectivity index (χ2n) is 12.1. The maximum absolute atomic E-state index is 9.58. The zero-order valence-corrected chi connectivity index (χ0v) is 27.1. The Bertz CT molecular complexity index is 2370. The summed E-state index contributed by atoms with van der Waals surface area (Å²) in [6.07, 6.45) is 1.68. The maximum Gasteiger partial charge on any atom is 0.306 e. The third-order valence-corrected chi connectivity index (χ3v) is 9.36. The summed E-state index contributed by atoms with van der Waals surface area (Å²) in [7, 11) is 0. The Hall–Kier alpha value is -6.96. The first-order valence-electron chi connectivity index (χ1n) is 16.2. The van der Waals surface area contributed by atoms with Crippen molar-refractivity contribution in [2.75, 3.05) is 0 Å². The number of nitrogens with zero attached hydrogens (tertiary/aromatic N) is 8. The highest BCUT2D eigenvalue weighted by Gasteiger charge is 2.41. The van der Waals surface area contributed by atoms with E-state index < -0.39 is 0 Å². The van der Waals surface area contributed by atoms with Gasteiger partial charge in [-0.3, -0.25) is 0 Å². The van der Waals surface area contributed by atoms with E-state index in [1.165, 1.54) is 0 Å². The molecule has 8 aromatic rings. The van der Waals surface area contributed by atoms with E-state index in [2.05, 4.69) is 78.9 Å². The summed E-state index contributed by atoms with van der Waals surface area (Å²) in [5, 5.41) is 52.5. The van der Waals surface area contributed by atoms with Crippen molar-refractivity contribution in [3.63, 3.8) is 0 Å². The van der Waals surface area contributed by atoms with E-state index in [0.29, 0.717) is 22.9 Å². The van der Waals surface area contributed by atoms with Gasteiger partial charge in [-0.15, -0.1) is 40.8 Å². The Balaban J connectivity index is 1.01. The monoisotopic (exact) mass is 678 g/mol. The van der Waals surface area contributed by atoms with Crippen molar-refractivity contribution in [3.05, 3.63) is 96.1 Å². The number of aromatic nitrogens is 8. The van der Waals surface area contributed by atoms with Crippen molar-refractivity contribution in [1.82, 2.24) is 40.8 Å². The second kappa shape index (κ2) is 11.6. The quantitative estimate of drug-likeness (QED) is 0.158. The molecule has 0 amide bonds. The average molecular weight is 679 g/mol. The number of aromatic hydroxyl groups is 2. The van der Waals surface area contributed by atoms with Gasteiger partial charge in [-0.05, 0) is 108 Å². The molecule has 1 aliphatic carbocycles. The fourth-order valence-electron chi connectivity index (χ4n) is 6.69. The molecule has 14 heteroatoms. The van der Waals surface area contributed by atoms with Gasteiger partial charge >= 0.3 is 23.6 Å². The van der Waals surface area contributed by atoms with Gasteiger partial charge in [0.15, 0.2) is 0 Å². The molecule has 0 fully saturated rings. The Morgan fingerprint density at radius 1 is 0.412 bits per heavy atom. The first-order chi connectivity index (χ1) is 24.9. The van der Waals surface area contributed by atoms with Crippen LogP contribution in [0.2, 0.25) is 0 Å². The van der Waals surface area contributed by atoms with Crippen molar-refractivity contribution in [2.24, 2.45) is 0 Å². The van der Waals surface area contributed by atoms with Crippen LogP contribution in [0.15, 0.2) is 103 Å². The predicted molar refractivity (Wildman–Crippen MR) is 181 cm³/mol. The lowest BCUT2D eigenvalue weighted by Crippen LogP contribution is -2.23. The van der Waals surface area contributed by atoms with Crippen molar-refractivity contribution >= 4 is 0 Å². The van der Waals surface area contributed by atoms with Gasteiger partial charge in [-0.25, -0.2) is 0 Å². The average Bonchev–Trinajstić information content (AvgIpc) is 4.01. The van der Waals surface area contributed by atoms with Crippen LogP contribution < -0.4 is 0 Å². The lowest BCUT2D eigenvalue weighted by molar-refractivity contribution is 0.474. The van der Waals surface area contributed by atoms with E-state index in [1.54, 1.807) is 48.5 Å². The summed E-state index contributed by atoms with van der Waals surface area (Å²) in [5.41, 5.74) is 7.07.